The minimum atomic E-state index is -4.56. The van der Waals surface area contributed by atoms with Crippen LogP contribution in [0.4, 0.5) is 29.2 Å². The Labute approximate surface area is 217 Å². The number of imidazole rings is 1. The summed E-state index contributed by atoms with van der Waals surface area (Å²) in [6.45, 7) is 0. The number of pyridine rings is 1. The molecule has 1 aromatic carbocycles. The highest BCUT2D eigenvalue weighted by atomic mass is 19.4. The summed E-state index contributed by atoms with van der Waals surface area (Å²) in [5.74, 6) is 0.0118. The van der Waals surface area contributed by atoms with Gasteiger partial charge in [-0.05, 0) is 62.1 Å². The second-order valence-corrected chi connectivity index (χ2v) is 10.2. The molecule has 6 rings (SSSR count). The monoisotopic (exact) mass is 524 g/mol. The zero-order valence-electron chi connectivity index (χ0n) is 20.7. The zero-order valence-corrected chi connectivity index (χ0v) is 20.7. The summed E-state index contributed by atoms with van der Waals surface area (Å²) in [5, 5.41) is 6.68. The van der Waals surface area contributed by atoms with Crippen LogP contribution in [0.1, 0.15) is 56.9 Å². The van der Waals surface area contributed by atoms with Gasteiger partial charge in [-0.3, -0.25) is 4.40 Å². The molecule has 6 nitrogen and oxygen atoms in total. The first kappa shape index (κ1) is 24.6. The van der Waals surface area contributed by atoms with Crippen molar-refractivity contribution < 1.29 is 17.6 Å². The SMILES string of the molecule is Fc1ccc(-c2nc3c(NC4CCCC4)cc(C(F)(F)F)cn3c2-c2ccnc(NC3CCCC3)n2)cc1. The quantitative estimate of drug-likeness (QED) is 0.259. The molecule has 2 N–H and O–H groups in total. The van der Waals surface area contributed by atoms with E-state index >= 15 is 0 Å². The molecule has 0 amide bonds. The normalized spacial score (nSPS) is 16.9. The standard InChI is InChI=1S/C28H28F4N6/c29-19-11-9-17(10-12-19)24-25(22-13-14-33-27(36-22)35-21-7-3-4-8-21)38-16-18(28(30,31)32)15-23(26(38)37-24)34-20-5-1-2-6-20/h9-16,20-21,34H,1-8H2,(H,33,35,36). The first-order valence-electron chi connectivity index (χ1n) is 13.1. The molecule has 0 saturated heterocycles. The molecular formula is C28H28F4N6. The first-order chi connectivity index (χ1) is 18.3. The molecule has 198 valence electrons. The first-order valence-corrected chi connectivity index (χ1v) is 13.1. The summed E-state index contributed by atoms with van der Waals surface area (Å²) in [7, 11) is 0. The van der Waals surface area contributed by atoms with Crippen LogP contribution in [0.3, 0.4) is 0 Å². The summed E-state index contributed by atoms with van der Waals surface area (Å²) < 4.78 is 57.4. The molecule has 0 bridgehead atoms. The summed E-state index contributed by atoms with van der Waals surface area (Å²) >= 11 is 0. The van der Waals surface area contributed by atoms with Gasteiger partial charge in [0.2, 0.25) is 5.95 Å². The molecule has 0 unspecified atom stereocenters. The predicted molar refractivity (Wildman–Crippen MR) is 138 cm³/mol. The maximum absolute atomic E-state index is 14.1. The maximum Gasteiger partial charge on any atom is 0.417 e. The molecule has 3 aromatic heterocycles. The van der Waals surface area contributed by atoms with Gasteiger partial charge in [-0.1, -0.05) is 25.7 Å². The van der Waals surface area contributed by atoms with E-state index in [0.717, 1.165) is 63.6 Å². The van der Waals surface area contributed by atoms with E-state index in [2.05, 4.69) is 15.6 Å². The number of hydrogen-bond donors (Lipinski definition) is 2. The topological polar surface area (TPSA) is 67.1 Å². The van der Waals surface area contributed by atoms with Gasteiger partial charge in [0, 0.05) is 30.0 Å². The average Bonchev–Trinajstić information content (AvgIpc) is 3.66. The van der Waals surface area contributed by atoms with Crippen molar-refractivity contribution in [3.05, 3.63) is 60.2 Å². The van der Waals surface area contributed by atoms with Crippen molar-refractivity contribution in [3.8, 4) is 22.6 Å². The van der Waals surface area contributed by atoms with Crippen LogP contribution in [0, 0.1) is 5.82 Å². The fourth-order valence-electron chi connectivity index (χ4n) is 5.56. The van der Waals surface area contributed by atoms with Crippen LogP contribution in [0.5, 0.6) is 0 Å². The largest absolute Gasteiger partial charge is 0.417 e. The number of nitrogens with one attached hydrogen (secondary N) is 2. The lowest BCUT2D eigenvalue weighted by Gasteiger charge is -2.17. The minimum absolute atomic E-state index is 0.0815. The molecule has 0 atom stereocenters. The fraction of sp³-hybridized carbons (Fsp3) is 0.393. The third-order valence-electron chi connectivity index (χ3n) is 7.47. The van der Waals surface area contributed by atoms with E-state index in [9.17, 15) is 17.6 Å². The van der Waals surface area contributed by atoms with E-state index in [-0.39, 0.29) is 12.1 Å². The van der Waals surface area contributed by atoms with Gasteiger partial charge >= 0.3 is 6.18 Å². The summed E-state index contributed by atoms with van der Waals surface area (Å²) in [6.07, 6.45) is 6.27. The van der Waals surface area contributed by atoms with E-state index < -0.39 is 17.6 Å². The molecule has 0 radical (unpaired) electrons. The van der Waals surface area contributed by atoms with Crippen molar-refractivity contribution in [1.29, 1.82) is 0 Å². The van der Waals surface area contributed by atoms with Crippen LogP contribution in [0.2, 0.25) is 0 Å². The third-order valence-corrected chi connectivity index (χ3v) is 7.47. The number of aromatic nitrogens is 4. The molecule has 10 heteroatoms. The van der Waals surface area contributed by atoms with E-state index in [0.29, 0.717) is 39.9 Å². The van der Waals surface area contributed by atoms with Gasteiger partial charge in [-0.25, -0.2) is 19.3 Å². The second-order valence-electron chi connectivity index (χ2n) is 10.2. The van der Waals surface area contributed by atoms with Crippen molar-refractivity contribution in [1.82, 2.24) is 19.4 Å². The van der Waals surface area contributed by atoms with E-state index in [1.807, 2.05) is 0 Å². The summed E-state index contributed by atoms with van der Waals surface area (Å²) in [6, 6.07) is 8.93. The number of alkyl halides is 3. The van der Waals surface area contributed by atoms with Gasteiger partial charge in [0.05, 0.1) is 28.3 Å². The van der Waals surface area contributed by atoms with Gasteiger partial charge in [-0.2, -0.15) is 13.2 Å². The van der Waals surface area contributed by atoms with Crippen LogP contribution in [-0.4, -0.2) is 31.4 Å². The molecule has 2 aliphatic carbocycles. The lowest BCUT2D eigenvalue weighted by Crippen LogP contribution is -2.17. The van der Waals surface area contributed by atoms with Crippen LogP contribution in [-0.2, 0) is 6.18 Å². The number of rotatable bonds is 6. The molecule has 3 heterocycles. The lowest BCUT2D eigenvalue weighted by molar-refractivity contribution is -0.137. The predicted octanol–water partition coefficient (Wildman–Crippen LogP) is 7.33. The number of nitrogens with zero attached hydrogens (tertiary/aromatic N) is 4. The Balaban J connectivity index is 1.55. The van der Waals surface area contributed by atoms with Crippen molar-refractivity contribution in [2.75, 3.05) is 10.6 Å². The Hall–Kier alpha value is -3.69. The zero-order chi connectivity index (χ0) is 26.3. The highest BCUT2D eigenvalue weighted by Gasteiger charge is 2.33. The van der Waals surface area contributed by atoms with Crippen LogP contribution < -0.4 is 10.6 Å². The van der Waals surface area contributed by atoms with E-state index in [4.69, 9.17) is 9.97 Å². The van der Waals surface area contributed by atoms with Gasteiger partial charge in [-0.15, -0.1) is 0 Å². The third kappa shape index (κ3) is 4.91. The van der Waals surface area contributed by atoms with E-state index in [1.165, 1.54) is 16.5 Å². The lowest BCUT2D eigenvalue weighted by atomic mass is 10.1. The summed E-state index contributed by atoms with van der Waals surface area (Å²) in [5.41, 5.74) is 1.72. The Morgan fingerprint density at radius 1 is 0.842 bits per heavy atom. The van der Waals surface area contributed by atoms with Crippen LogP contribution >= 0.6 is 0 Å². The molecule has 4 aromatic rings. The highest BCUT2D eigenvalue weighted by molar-refractivity contribution is 5.85. The van der Waals surface area contributed by atoms with Gasteiger partial charge in [0.15, 0.2) is 5.65 Å². The van der Waals surface area contributed by atoms with Gasteiger partial charge in [0.25, 0.3) is 0 Å². The molecule has 0 spiro atoms. The highest BCUT2D eigenvalue weighted by Crippen LogP contribution is 2.39. The van der Waals surface area contributed by atoms with Crippen molar-refractivity contribution >= 4 is 17.3 Å². The number of anilines is 2. The molecule has 2 aliphatic rings. The Morgan fingerprint density at radius 2 is 1.50 bits per heavy atom. The Bertz CT molecular complexity index is 1430. The molecule has 2 saturated carbocycles. The number of benzene rings is 1. The smallest absolute Gasteiger partial charge is 0.379 e. The second kappa shape index (κ2) is 9.89. The van der Waals surface area contributed by atoms with Crippen LogP contribution in [0.25, 0.3) is 28.3 Å². The fourth-order valence-corrected chi connectivity index (χ4v) is 5.56. The molecule has 0 aliphatic heterocycles. The molecular weight excluding hydrogens is 496 g/mol. The Morgan fingerprint density at radius 3 is 2.16 bits per heavy atom. The van der Waals surface area contributed by atoms with Gasteiger partial charge in [0.1, 0.15) is 5.82 Å². The van der Waals surface area contributed by atoms with Crippen molar-refractivity contribution in [3.63, 3.8) is 0 Å². The summed E-state index contributed by atoms with van der Waals surface area (Å²) in [4.78, 5) is 13.9. The van der Waals surface area contributed by atoms with Crippen molar-refractivity contribution in [2.45, 2.75) is 69.6 Å². The van der Waals surface area contributed by atoms with Crippen LogP contribution in [0.15, 0.2) is 48.8 Å². The van der Waals surface area contributed by atoms with Crippen molar-refractivity contribution in [2.24, 2.45) is 0 Å². The Kier molecular flexibility index (Phi) is 6.41. The average molecular weight is 525 g/mol. The molecule has 2 fully saturated rings. The minimum Gasteiger partial charge on any atom is -0.379 e. The number of hydrogen-bond acceptors (Lipinski definition) is 5. The van der Waals surface area contributed by atoms with Gasteiger partial charge < -0.3 is 10.6 Å². The molecule has 38 heavy (non-hydrogen) atoms. The number of halogens is 4. The number of fused-ring (bicyclic) bond motifs is 1. The maximum atomic E-state index is 14.1. The van der Waals surface area contributed by atoms with E-state index in [1.54, 1.807) is 24.4 Å².